The van der Waals surface area contributed by atoms with Gasteiger partial charge in [-0.1, -0.05) is 19.1 Å². The number of hydrogen-bond donors (Lipinski definition) is 2. The second kappa shape index (κ2) is 8.43. The Bertz CT molecular complexity index is 905. The Morgan fingerprint density at radius 1 is 1.22 bits per heavy atom. The average molecular weight is 371 g/mol. The molecule has 0 radical (unpaired) electrons. The normalized spacial score (nSPS) is 12.0. The Hall–Kier alpha value is -3.23. The predicted octanol–water partition coefficient (Wildman–Crippen LogP) is 2.95. The standard InChI is InChI=1S/C18H22FN7O/c1-3-15(17-20-12-22-25(17)4-2)23-18(27)24-16-8-9-21-26(16)11-13-6-5-7-14(19)10-13/h5-10,12,15H,3-4,11H2,1-2H3,(H2,23,24,27)/t15-/m1/s1. The molecule has 2 heterocycles. The number of aryl methyl sites for hydroxylation is 1. The Labute approximate surface area is 156 Å². The summed E-state index contributed by atoms with van der Waals surface area (Å²) in [5, 5.41) is 14.0. The van der Waals surface area contributed by atoms with Crippen LogP contribution in [0, 0.1) is 5.82 Å². The lowest BCUT2D eigenvalue weighted by molar-refractivity contribution is 0.247. The SMILES string of the molecule is CC[C@@H](NC(=O)Nc1ccnn1Cc1cccc(F)c1)c1ncnn1CC. The summed E-state index contributed by atoms with van der Waals surface area (Å²) in [5.74, 6) is 0.921. The number of aromatic nitrogens is 5. The van der Waals surface area contributed by atoms with Crippen molar-refractivity contribution in [2.45, 2.75) is 39.4 Å². The minimum atomic E-state index is -0.367. The summed E-state index contributed by atoms with van der Waals surface area (Å²) in [4.78, 5) is 16.7. The molecule has 142 valence electrons. The average Bonchev–Trinajstić information content (AvgIpc) is 3.29. The van der Waals surface area contributed by atoms with Gasteiger partial charge in [-0.05, 0) is 31.0 Å². The van der Waals surface area contributed by atoms with Crippen LogP contribution in [-0.4, -0.2) is 30.6 Å². The number of carbonyl (C=O) groups excluding carboxylic acids is 1. The van der Waals surface area contributed by atoms with Gasteiger partial charge >= 0.3 is 6.03 Å². The van der Waals surface area contributed by atoms with Crippen LogP contribution in [0.15, 0.2) is 42.9 Å². The van der Waals surface area contributed by atoms with Crippen LogP contribution in [0.5, 0.6) is 0 Å². The van der Waals surface area contributed by atoms with Crippen LogP contribution < -0.4 is 10.6 Å². The number of halogens is 1. The molecule has 0 bridgehead atoms. The highest BCUT2D eigenvalue weighted by Gasteiger charge is 2.18. The minimum absolute atomic E-state index is 0.257. The minimum Gasteiger partial charge on any atom is -0.328 e. The van der Waals surface area contributed by atoms with Crippen molar-refractivity contribution in [3.05, 3.63) is 60.1 Å². The van der Waals surface area contributed by atoms with E-state index in [1.165, 1.54) is 18.5 Å². The number of carbonyl (C=O) groups is 1. The van der Waals surface area contributed by atoms with Crippen LogP contribution in [0.1, 0.15) is 37.7 Å². The molecule has 3 rings (SSSR count). The highest BCUT2D eigenvalue weighted by molar-refractivity contribution is 5.88. The fourth-order valence-electron chi connectivity index (χ4n) is 2.82. The summed E-state index contributed by atoms with van der Waals surface area (Å²) in [6, 6.07) is 7.34. The van der Waals surface area contributed by atoms with E-state index in [-0.39, 0.29) is 17.9 Å². The van der Waals surface area contributed by atoms with E-state index in [0.717, 1.165) is 5.56 Å². The molecule has 3 aromatic rings. The third kappa shape index (κ3) is 4.49. The van der Waals surface area contributed by atoms with Crippen molar-refractivity contribution in [1.82, 2.24) is 29.9 Å². The summed E-state index contributed by atoms with van der Waals surface area (Å²) >= 11 is 0. The van der Waals surface area contributed by atoms with Crippen molar-refractivity contribution in [2.24, 2.45) is 0 Å². The predicted molar refractivity (Wildman–Crippen MR) is 98.6 cm³/mol. The van der Waals surface area contributed by atoms with Gasteiger partial charge in [-0.15, -0.1) is 0 Å². The van der Waals surface area contributed by atoms with Gasteiger partial charge in [0.05, 0.1) is 18.8 Å². The highest BCUT2D eigenvalue weighted by Crippen LogP contribution is 2.15. The summed E-state index contributed by atoms with van der Waals surface area (Å²) in [7, 11) is 0. The second-order valence-electron chi connectivity index (χ2n) is 6.00. The number of benzene rings is 1. The molecule has 0 saturated carbocycles. The number of rotatable bonds is 7. The molecule has 0 fully saturated rings. The summed E-state index contributed by atoms with van der Waals surface area (Å²) < 4.78 is 16.7. The molecule has 0 aliphatic rings. The first-order valence-corrected chi connectivity index (χ1v) is 8.82. The lowest BCUT2D eigenvalue weighted by Crippen LogP contribution is -2.34. The van der Waals surface area contributed by atoms with Crippen LogP contribution in [0.25, 0.3) is 0 Å². The molecule has 2 aromatic heterocycles. The number of nitrogens with one attached hydrogen (secondary N) is 2. The molecule has 0 spiro atoms. The summed E-state index contributed by atoms with van der Waals surface area (Å²) in [6.45, 7) is 4.96. The van der Waals surface area contributed by atoms with Crippen molar-refractivity contribution in [3.8, 4) is 0 Å². The monoisotopic (exact) mass is 371 g/mol. The van der Waals surface area contributed by atoms with Crippen LogP contribution in [0.3, 0.4) is 0 Å². The molecule has 1 aromatic carbocycles. The van der Waals surface area contributed by atoms with Crippen molar-refractivity contribution in [3.63, 3.8) is 0 Å². The van der Waals surface area contributed by atoms with Crippen LogP contribution in [-0.2, 0) is 13.1 Å². The lowest BCUT2D eigenvalue weighted by atomic mass is 10.2. The molecule has 2 N–H and O–H groups in total. The first-order valence-electron chi connectivity index (χ1n) is 8.82. The van der Waals surface area contributed by atoms with Gasteiger partial charge in [0.25, 0.3) is 0 Å². The molecule has 0 unspecified atom stereocenters. The van der Waals surface area contributed by atoms with Gasteiger partial charge in [0.15, 0.2) is 0 Å². The van der Waals surface area contributed by atoms with E-state index in [1.54, 1.807) is 33.8 Å². The molecule has 27 heavy (non-hydrogen) atoms. The number of hydrogen-bond acceptors (Lipinski definition) is 4. The molecule has 0 saturated heterocycles. The fraction of sp³-hybridized carbons (Fsp3) is 0.333. The second-order valence-corrected chi connectivity index (χ2v) is 6.00. The number of urea groups is 1. The molecular formula is C18H22FN7O. The molecule has 8 nitrogen and oxygen atoms in total. The molecule has 9 heteroatoms. The van der Waals surface area contributed by atoms with Crippen molar-refractivity contribution in [2.75, 3.05) is 5.32 Å². The van der Waals surface area contributed by atoms with Crippen LogP contribution in [0.4, 0.5) is 15.0 Å². The molecule has 0 aliphatic heterocycles. The zero-order valence-electron chi connectivity index (χ0n) is 15.3. The van der Waals surface area contributed by atoms with E-state index < -0.39 is 0 Å². The third-order valence-electron chi connectivity index (χ3n) is 4.15. The van der Waals surface area contributed by atoms with E-state index in [1.807, 2.05) is 13.8 Å². The van der Waals surface area contributed by atoms with Gasteiger partial charge in [-0.3, -0.25) is 5.32 Å². The smallest absolute Gasteiger partial charge is 0.320 e. The quantitative estimate of drug-likeness (QED) is 0.668. The van der Waals surface area contributed by atoms with E-state index in [4.69, 9.17) is 0 Å². The maximum atomic E-state index is 13.4. The van der Waals surface area contributed by atoms with E-state index in [0.29, 0.717) is 31.2 Å². The third-order valence-corrected chi connectivity index (χ3v) is 4.15. The first kappa shape index (κ1) is 18.6. The zero-order chi connectivity index (χ0) is 19.2. The van der Waals surface area contributed by atoms with Crippen LogP contribution >= 0.6 is 0 Å². The molecule has 1 atom stereocenters. The Balaban J connectivity index is 1.67. The van der Waals surface area contributed by atoms with E-state index in [9.17, 15) is 9.18 Å². The van der Waals surface area contributed by atoms with E-state index >= 15 is 0 Å². The Kier molecular flexibility index (Phi) is 5.80. The lowest BCUT2D eigenvalue weighted by Gasteiger charge is -2.17. The van der Waals surface area contributed by atoms with Crippen molar-refractivity contribution in [1.29, 1.82) is 0 Å². The van der Waals surface area contributed by atoms with E-state index in [2.05, 4.69) is 25.8 Å². The highest BCUT2D eigenvalue weighted by atomic mass is 19.1. The maximum absolute atomic E-state index is 13.4. The van der Waals surface area contributed by atoms with Gasteiger partial charge < -0.3 is 5.32 Å². The topological polar surface area (TPSA) is 89.7 Å². The number of nitrogens with zero attached hydrogens (tertiary/aromatic N) is 5. The maximum Gasteiger partial charge on any atom is 0.320 e. The van der Waals surface area contributed by atoms with Gasteiger partial charge in [0.1, 0.15) is 23.8 Å². The summed E-state index contributed by atoms with van der Waals surface area (Å²) in [5.41, 5.74) is 0.754. The Morgan fingerprint density at radius 3 is 2.81 bits per heavy atom. The summed E-state index contributed by atoms with van der Waals surface area (Å²) in [6.07, 6.45) is 3.74. The zero-order valence-corrected chi connectivity index (χ0v) is 15.3. The Morgan fingerprint density at radius 2 is 2.07 bits per heavy atom. The number of anilines is 1. The van der Waals surface area contributed by atoms with Crippen molar-refractivity contribution >= 4 is 11.8 Å². The van der Waals surface area contributed by atoms with Gasteiger partial charge in [0.2, 0.25) is 0 Å². The molecular weight excluding hydrogens is 349 g/mol. The largest absolute Gasteiger partial charge is 0.328 e. The van der Waals surface area contributed by atoms with Gasteiger partial charge in [-0.2, -0.15) is 10.2 Å². The fourth-order valence-corrected chi connectivity index (χ4v) is 2.82. The number of amides is 2. The van der Waals surface area contributed by atoms with Gasteiger partial charge in [-0.25, -0.2) is 23.5 Å². The van der Waals surface area contributed by atoms with Crippen molar-refractivity contribution < 1.29 is 9.18 Å². The molecule has 2 amide bonds. The van der Waals surface area contributed by atoms with Crippen LogP contribution in [0.2, 0.25) is 0 Å². The molecule has 0 aliphatic carbocycles. The first-order chi connectivity index (χ1) is 13.1. The van der Waals surface area contributed by atoms with Gasteiger partial charge in [0, 0.05) is 12.6 Å².